The van der Waals surface area contributed by atoms with Gasteiger partial charge in [-0.1, -0.05) is 0 Å². The second-order valence-corrected chi connectivity index (χ2v) is 6.52. The molecule has 1 aliphatic heterocycles. The van der Waals surface area contributed by atoms with Crippen molar-refractivity contribution in [1.82, 2.24) is 4.90 Å². The van der Waals surface area contributed by atoms with Gasteiger partial charge < -0.3 is 10.6 Å². The van der Waals surface area contributed by atoms with E-state index in [-0.39, 0.29) is 12.0 Å². The van der Waals surface area contributed by atoms with Gasteiger partial charge in [0.15, 0.2) is 23.4 Å². The lowest BCUT2D eigenvalue weighted by molar-refractivity contribution is 0.445. The highest BCUT2D eigenvalue weighted by atomic mass is 32.2. The normalized spacial score (nSPS) is 26.0. The van der Waals surface area contributed by atoms with Crippen molar-refractivity contribution < 1.29 is 13.2 Å². The minimum absolute atomic E-state index is 0.0659. The van der Waals surface area contributed by atoms with Crippen LogP contribution < -0.4 is 5.73 Å². The molecular formula is C14H16F3N3S. The molecule has 7 heteroatoms. The number of nitrogens with two attached hydrogens (primary N) is 1. The van der Waals surface area contributed by atoms with Crippen LogP contribution in [-0.4, -0.2) is 41.5 Å². The van der Waals surface area contributed by atoms with Crippen LogP contribution in [0.4, 0.5) is 13.2 Å². The second-order valence-electron chi connectivity index (χ2n) is 5.29. The summed E-state index contributed by atoms with van der Waals surface area (Å²) in [6, 6.07) is 2.03. The van der Waals surface area contributed by atoms with Crippen LogP contribution in [0, 0.1) is 17.5 Å². The number of nitrogens with zero attached hydrogens (tertiary/aromatic N) is 2. The molecule has 2 fully saturated rings. The zero-order valence-corrected chi connectivity index (χ0v) is 12.2. The Morgan fingerprint density at radius 1 is 1.19 bits per heavy atom. The molecule has 0 unspecified atom stereocenters. The molecule has 3 nitrogen and oxygen atoms in total. The first-order chi connectivity index (χ1) is 10.1. The number of thioether (sulfide) groups is 1. The summed E-state index contributed by atoms with van der Waals surface area (Å²) in [6.07, 6.45) is 0.688. The number of guanidine groups is 1. The first-order valence-corrected chi connectivity index (χ1v) is 8.02. The number of benzene rings is 1. The zero-order valence-electron chi connectivity index (χ0n) is 11.4. The van der Waals surface area contributed by atoms with Gasteiger partial charge in [-0.15, -0.1) is 0 Å². The van der Waals surface area contributed by atoms with Gasteiger partial charge >= 0.3 is 0 Å². The summed E-state index contributed by atoms with van der Waals surface area (Å²) < 4.78 is 39.4. The molecule has 21 heavy (non-hydrogen) atoms. The van der Waals surface area contributed by atoms with Gasteiger partial charge in [0.25, 0.3) is 0 Å². The molecule has 1 heterocycles. The Kier molecular flexibility index (Phi) is 4.01. The molecule has 1 aromatic carbocycles. The summed E-state index contributed by atoms with van der Waals surface area (Å²) in [5.74, 6) is -1.26. The van der Waals surface area contributed by atoms with Gasteiger partial charge in [-0.05, 0) is 24.1 Å². The van der Waals surface area contributed by atoms with Crippen LogP contribution in [0.5, 0.6) is 0 Å². The summed E-state index contributed by atoms with van der Waals surface area (Å²) in [5.41, 5.74) is 6.42. The number of halogens is 3. The van der Waals surface area contributed by atoms with E-state index < -0.39 is 17.5 Å². The maximum Gasteiger partial charge on any atom is 0.194 e. The number of hydrogen-bond acceptors (Lipinski definition) is 2. The number of rotatable bonds is 2. The van der Waals surface area contributed by atoms with Crippen LogP contribution in [0.2, 0.25) is 0 Å². The lowest BCUT2D eigenvalue weighted by Gasteiger charge is -2.27. The van der Waals surface area contributed by atoms with Crippen molar-refractivity contribution in [1.29, 1.82) is 0 Å². The van der Waals surface area contributed by atoms with E-state index in [1.54, 1.807) is 0 Å². The Morgan fingerprint density at radius 2 is 1.81 bits per heavy atom. The summed E-state index contributed by atoms with van der Waals surface area (Å²) in [7, 11) is 0. The van der Waals surface area contributed by atoms with Crippen LogP contribution in [0.3, 0.4) is 0 Å². The van der Waals surface area contributed by atoms with E-state index >= 15 is 0 Å². The molecule has 0 radical (unpaired) electrons. The maximum absolute atomic E-state index is 13.2. The van der Waals surface area contributed by atoms with E-state index in [0.717, 1.165) is 36.7 Å². The molecule has 2 aliphatic rings. The second kappa shape index (κ2) is 5.79. The van der Waals surface area contributed by atoms with Crippen molar-refractivity contribution in [2.45, 2.75) is 18.4 Å². The summed E-state index contributed by atoms with van der Waals surface area (Å²) in [6.45, 7) is 1.74. The quantitative estimate of drug-likeness (QED) is 0.517. The third-order valence-corrected chi connectivity index (χ3v) is 4.77. The third kappa shape index (κ3) is 3.12. The van der Waals surface area contributed by atoms with Gasteiger partial charge in [-0.25, -0.2) is 18.2 Å². The predicted octanol–water partition coefficient (Wildman–Crippen LogP) is 2.32. The Balaban J connectivity index is 1.68. The molecule has 0 amide bonds. The zero-order chi connectivity index (χ0) is 15.0. The number of hydrogen-bond donors (Lipinski definition) is 1. The molecule has 0 bridgehead atoms. The standard InChI is InChI=1S/C14H16F3N3S/c15-10-5-8(6-11(16)13(10)17)9-7-12(9)19-14(18)20-1-3-21-4-2-20/h5-6,9,12H,1-4,7H2,(H2,18,19)/t9-,12+/m0/s1. The highest BCUT2D eigenvalue weighted by molar-refractivity contribution is 7.99. The molecule has 0 spiro atoms. The van der Waals surface area contributed by atoms with Crippen LogP contribution in [0.25, 0.3) is 0 Å². The van der Waals surface area contributed by atoms with Crippen molar-refractivity contribution in [2.75, 3.05) is 24.6 Å². The first-order valence-electron chi connectivity index (χ1n) is 6.86. The Hall–Kier alpha value is -1.37. The van der Waals surface area contributed by atoms with E-state index in [9.17, 15) is 13.2 Å². The lowest BCUT2D eigenvalue weighted by atomic mass is 10.1. The summed E-state index contributed by atoms with van der Waals surface area (Å²) in [5, 5.41) is 0. The van der Waals surface area contributed by atoms with Gasteiger partial charge in [-0.2, -0.15) is 11.8 Å². The topological polar surface area (TPSA) is 41.6 Å². The minimum Gasteiger partial charge on any atom is -0.370 e. The lowest BCUT2D eigenvalue weighted by Crippen LogP contribution is -2.42. The summed E-state index contributed by atoms with van der Waals surface area (Å²) in [4.78, 5) is 6.45. The van der Waals surface area contributed by atoms with Crippen molar-refractivity contribution in [3.05, 3.63) is 35.1 Å². The van der Waals surface area contributed by atoms with Crippen molar-refractivity contribution in [3.8, 4) is 0 Å². The third-order valence-electron chi connectivity index (χ3n) is 3.82. The van der Waals surface area contributed by atoms with Crippen molar-refractivity contribution in [2.24, 2.45) is 10.7 Å². The van der Waals surface area contributed by atoms with Crippen molar-refractivity contribution in [3.63, 3.8) is 0 Å². The van der Waals surface area contributed by atoms with E-state index in [0.29, 0.717) is 17.9 Å². The smallest absolute Gasteiger partial charge is 0.194 e. The molecule has 1 saturated heterocycles. The van der Waals surface area contributed by atoms with Gasteiger partial charge in [-0.3, -0.25) is 0 Å². The average molecular weight is 315 g/mol. The molecule has 1 saturated carbocycles. The fourth-order valence-corrected chi connectivity index (χ4v) is 3.42. The van der Waals surface area contributed by atoms with Crippen LogP contribution >= 0.6 is 11.8 Å². The minimum atomic E-state index is -1.43. The monoisotopic (exact) mass is 315 g/mol. The molecular weight excluding hydrogens is 299 g/mol. The van der Waals surface area contributed by atoms with Crippen LogP contribution in [0.15, 0.2) is 17.1 Å². The van der Waals surface area contributed by atoms with E-state index in [4.69, 9.17) is 5.73 Å². The Morgan fingerprint density at radius 3 is 2.43 bits per heavy atom. The van der Waals surface area contributed by atoms with Gasteiger partial charge in [0.2, 0.25) is 0 Å². The predicted molar refractivity (Wildman–Crippen MR) is 78.0 cm³/mol. The largest absolute Gasteiger partial charge is 0.370 e. The fourth-order valence-electron chi connectivity index (χ4n) is 2.52. The van der Waals surface area contributed by atoms with E-state index in [2.05, 4.69) is 4.99 Å². The van der Waals surface area contributed by atoms with E-state index in [1.807, 2.05) is 16.7 Å². The highest BCUT2D eigenvalue weighted by Crippen LogP contribution is 2.44. The van der Waals surface area contributed by atoms with Gasteiger partial charge in [0.05, 0.1) is 6.04 Å². The van der Waals surface area contributed by atoms with Crippen molar-refractivity contribution >= 4 is 17.7 Å². The van der Waals surface area contributed by atoms with Crippen LogP contribution in [-0.2, 0) is 0 Å². The SMILES string of the molecule is NC(=N[C@@H]1C[C@H]1c1cc(F)c(F)c(F)c1)N1CCSCC1. The first kappa shape index (κ1) is 14.6. The molecule has 2 atom stereocenters. The Bertz CT molecular complexity index is 550. The van der Waals surface area contributed by atoms with E-state index in [1.165, 1.54) is 0 Å². The van der Waals surface area contributed by atoms with Crippen LogP contribution in [0.1, 0.15) is 17.9 Å². The molecule has 3 rings (SSSR count). The molecule has 1 aromatic rings. The highest BCUT2D eigenvalue weighted by Gasteiger charge is 2.39. The maximum atomic E-state index is 13.2. The fraction of sp³-hybridized carbons (Fsp3) is 0.500. The molecule has 2 N–H and O–H groups in total. The summed E-state index contributed by atoms with van der Waals surface area (Å²) >= 11 is 1.88. The molecule has 0 aromatic heterocycles. The average Bonchev–Trinajstić information content (AvgIpc) is 3.24. The number of aliphatic imine (C=N–C) groups is 1. The molecule has 114 valence electrons. The Labute approximate surface area is 125 Å². The van der Waals surface area contributed by atoms with Gasteiger partial charge in [0.1, 0.15) is 0 Å². The molecule has 1 aliphatic carbocycles. The van der Waals surface area contributed by atoms with Gasteiger partial charge in [0, 0.05) is 30.5 Å².